The molecule has 2 rings (SSSR count). The van der Waals surface area contributed by atoms with E-state index in [1.54, 1.807) is 0 Å². The van der Waals surface area contributed by atoms with Crippen molar-refractivity contribution in [2.75, 3.05) is 19.8 Å². The standard InChI is InChI=1S/C14H23BrN2O2/c1-3-11-13(15)12(17(4-2)16-11)9-14(10-18)5-7-19-8-6-14/h18H,3-10H2,1-2H3. The molecule has 1 saturated heterocycles. The number of hydrogen-bond acceptors (Lipinski definition) is 3. The summed E-state index contributed by atoms with van der Waals surface area (Å²) in [5, 5.41) is 14.5. The average molecular weight is 331 g/mol. The Bertz CT molecular complexity index is 425. The molecular weight excluding hydrogens is 308 g/mol. The van der Waals surface area contributed by atoms with Gasteiger partial charge in [0.05, 0.1) is 15.9 Å². The van der Waals surface area contributed by atoms with Crippen molar-refractivity contribution >= 4 is 15.9 Å². The van der Waals surface area contributed by atoms with Crippen LogP contribution in [0, 0.1) is 5.41 Å². The van der Waals surface area contributed by atoms with Crippen molar-refractivity contribution in [2.24, 2.45) is 5.41 Å². The van der Waals surface area contributed by atoms with Gasteiger partial charge in [-0.2, -0.15) is 5.10 Å². The van der Waals surface area contributed by atoms with E-state index in [1.807, 2.05) is 0 Å². The Morgan fingerprint density at radius 3 is 2.58 bits per heavy atom. The SMILES string of the molecule is CCc1nn(CC)c(CC2(CO)CCOCC2)c1Br. The molecule has 1 aromatic heterocycles. The maximum atomic E-state index is 9.82. The lowest BCUT2D eigenvalue weighted by molar-refractivity contribution is -0.0168. The van der Waals surface area contributed by atoms with Gasteiger partial charge >= 0.3 is 0 Å². The minimum absolute atomic E-state index is 0.0429. The highest BCUT2D eigenvalue weighted by molar-refractivity contribution is 9.10. The number of ether oxygens (including phenoxy) is 1. The minimum atomic E-state index is -0.0429. The second kappa shape index (κ2) is 6.37. The van der Waals surface area contributed by atoms with Crippen molar-refractivity contribution in [2.45, 2.75) is 46.1 Å². The van der Waals surface area contributed by atoms with E-state index in [2.05, 4.69) is 39.6 Å². The van der Waals surface area contributed by atoms with E-state index in [9.17, 15) is 5.11 Å². The Morgan fingerprint density at radius 2 is 2.05 bits per heavy atom. The summed E-state index contributed by atoms with van der Waals surface area (Å²) in [5.41, 5.74) is 2.28. The van der Waals surface area contributed by atoms with Crippen molar-refractivity contribution in [3.05, 3.63) is 15.9 Å². The molecule has 1 aliphatic rings. The Labute approximate surface area is 123 Å². The molecule has 1 N–H and O–H groups in total. The zero-order valence-electron chi connectivity index (χ0n) is 11.8. The van der Waals surface area contributed by atoms with E-state index in [4.69, 9.17) is 4.74 Å². The molecule has 19 heavy (non-hydrogen) atoms. The first-order chi connectivity index (χ1) is 9.15. The van der Waals surface area contributed by atoms with Crippen LogP contribution in [-0.2, 0) is 24.1 Å². The van der Waals surface area contributed by atoms with E-state index in [1.165, 1.54) is 5.69 Å². The van der Waals surface area contributed by atoms with Gasteiger partial charge in [-0.3, -0.25) is 4.68 Å². The second-order valence-corrected chi connectivity index (χ2v) is 6.12. The number of rotatable bonds is 5. The smallest absolute Gasteiger partial charge is 0.0766 e. The van der Waals surface area contributed by atoms with E-state index < -0.39 is 0 Å². The number of aryl methyl sites for hydroxylation is 2. The van der Waals surface area contributed by atoms with E-state index in [0.717, 1.165) is 55.6 Å². The molecule has 0 amide bonds. The van der Waals surface area contributed by atoms with Gasteiger partial charge in [-0.1, -0.05) is 6.92 Å². The zero-order valence-corrected chi connectivity index (χ0v) is 13.4. The molecule has 108 valence electrons. The van der Waals surface area contributed by atoms with Gasteiger partial charge in [-0.25, -0.2) is 0 Å². The third-order valence-corrected chi connectivity index (χ3v) is 5.04. The Kier molecular flexibility index (Phi) is 5.03. The fraction of sp³-hybridized carbons (Fsp3) is 0.786. The van der Waals surface area contributed by atoms with Gasteiger partial charge in [0.1, 0.15) is 0 Å². The second-order valence-electron chi connectivity index (χ2n) is 5.32. The Hall–Kier alpha value is -0.390. The summed E-state index contributed by atoms with van der Waals surface area (Å²) in [4.78, 5) is 0. The summed E-state index contributed by atoms with van der Waals surface area (Å²) >= 11 is 3.69. The lowest BCUT2D eigenvalue weighted by Gasteiger charge is -2.35. The van der Waals surface area contributed by atoms with Crippen LogP contribution in [0.25, 0.3) is 0 Å². The van der Waals surface area contributed by atoms with Crippen molar-refractivity contribution in [3.8, 4) is 0 Å². The molecule has 0 saturated carbocycles. The molecule has 0 aliphatic carbocycles. The molecule has 0 bridgehead atoms. The van der Waals surface area contributed by atoms with Gasteiger partial charge in [-0.15, -0.1) is 0 Å². The van der Waals surface area contributed by atoms with Crippen molar-refractivity contribution in [1.82, 2.24) is 9.78 Å². The highest BCUT2D eigenvalue weighted by Crippen LogP contribution is 2.36. The molecule has 0 atom stereocenters. The lowest BCUT2D eigenvalue weighted by atomic mass is 9.77. The maximum Gasteiger partial charge on any atom is 0.0766 e. The van der Waals surface area contributed by atoms with E-state index >= 15 is 0 Å². The molecular formula is C14H23BrN2O2. The first-order valence-electron chi connectivity index (χ1n) is 7.08. The van der Waals surface area contributed by atoms with Crippen LogP contribution in [-0.4, -0.2) is 34.7 Å². The fourth-order valence-corrected chi connectivity index (χ4v) is 3.44. The van der Waals surface area contributed by atoms with Crippen LogP contribution in [0.2, 0.25) is 0 Å². The molecule has 0 aromatic carbocycles. The van der Waals surface area contributed by atoms with Gasteiger partial charge in [-0.05, 0) is 48.5 Å². The van der Waals surface area contributed by atoms with Crippen LogP contribution in [0.3, 0.4) is 0 Å². The highest BCUT2D eigenvalue weighted by Gasteiger charge is 2.34. The molecule has 1 fully saturated rings. The van der Waals surface area contributed by atoms with Crippen LogP contribution in [0.4, 0.5) is 0 Å². The van der Waals surface area contributed by atoms with Gasteiger partial charge in [0.2, 0.25) is 0 Å². The number of nitrogens with zero attached hydrogens (tertiary/aromatic N) is 2. The molecule has 0 spiro atoms. The van der Waals surface area contributed by atoms with Crippen molar-refractivity contribution < 1.29 is 9.84 Å². The zero-order chi connectivity index (χ0) is 13.9. The third kappa shape index (κ3) is 3.03. The van der Waals surface area contributed by atoms with Crippen LogP contribution in [0.1, 0.15) is 38.1 Å². The monoisotopic (exact) mass is 330 g/mol. The summed E-state index contributed by atoms with van der Waals surface area (Å²) in [5.74, 6) is 0. The first kappa shape index (κ1) is 15.0. The molecule has 4 nitrogen and oxygen atoms in total. The summed E-state index contributed by atoms with van der Waals surface area (Å²) in [6.07, 6.45) is 3.64. The predicted octanol–water partition coefficient (Wildman–Crippen LogP) is 2.56. The topological polar surface area (TPSA) is 47.3 Å². The number of halogens is 1. The van der Waals surface area contributed by atoms with Gasteiger partial charge < -0.3 is 9.84 Å². The highest BCUT2D eigenvalue weighted by atomic mass is 79.9. The average Bonchev–Trinajstić information content (AvgIpc) is 2.76. The Morgan fingerprint density at radius 1 is 1.37 bits per heavy atom. The van der Waals surface area contributed by atoms with Gasteiger partial charge in [0, 0.05) is 31.8 Å². The molecule has 2 heterocycles. The number of aliphatic hydroxyl groups is 1. The van der Waals surface area contributed by atoms with Gasteiger partial charge in [0.15, 0.2) is 0 Å². The van der Waals surface area contributed by atoms with Crippen LogP contribution in [0.15, 0.2) is 4.47 Å². The summed E-state index contributed by atoms with van der Waals surface area (Å²) in [6.45, 7) is 6.81. The third-order valence-electron chi connectivity index (χ3n) is 4.13. The largest absolute Gasteiger partial charge is 0.396 e. The van der Waals surface area contributed by atoms with Gasteiger partial charge in [0.25, 0.3) is 0 Å². The first-order valence-corrected chi connectivity index (χ1v) is 7.87. The number of aromatic nitrogens is 2. The minimum Gasteiger partial charge on any atom is -0.396 e. The van der Waals surface area contributed by atoms with Crippen LogP contribution in [0.5, 0.6) is 0 Å². The maximum absolute atomic E-state index is 9.82. The predicted molar refractivity (Wildman–Crippen MR) is 78.3 cm³/mol. The number of aliphatic hydroxyl groups excluding tert-OH is 1. The fourth-order valence-electron chi connectivity index (χ4n) is 2.74. The molecule has 5 heteroatoms. The summed E-state index contributed by atoms with van der Waals surface area (Å²) < 4.78 is 8.62. The molecule has 0 radical (unpaired) electrons. The Balaban J connectivity index is 2.28. The quantitative estimate of drug-likeness (QED) is 0.902. The van der Waals surface area contributed by atoms with Crippen molar-refractivity contribution in [3.63, 3.8) is 0 Å². The molecule has 1 aliphatic heterocycles. The van der Waals surface area contributed by atoms with E-state index in [-0.39, 0.29) is 12.0 Å². The summed E-state index contributed by atoms with van der Waals surface area (Å²) in [7, 11) is 0. The number of hydrogen-bond donors (Lipinski definition) is 1. The lowest BCUT2D eigenvalue weighted by Crippen LogP contribution is -2.35. The van der Waals surface area contributed by atoms with Crippen LogP contribution < -0.4 is 0 Å². The molecule has 0 unspecified atom stereocenters. The van der Waals surface area contributed by atoms with E-state index in [0.29, 0.717) is 0 Å². The summed E-state index contributed by atoms with van der Waals surface area (Å²) in [6, 6.07) is 0. The van der Waals surface area contributed by atoms with Crippen molar-refractivity contribution in [1.29, 1.82) is 0 Å². The molecule has 1 aromatic rings. The normalized spacial score (nSPS) is 18.7. The van der Waals surface area contributed by atoms with Crippen LogP contribution >= 0.6 is 15.9 Å².